The van der Waals surface area contributed by atoms with Crippen LogP contribution < -0.4 is 5.73 Å². The highest BCUT2D eigenvalue weighted by Crippen LogP contribution is 2.34. The summed E-state index contributed by atoms with van der Waals surface area (Å²) in [6, 6.07) is 11.6. The predicted molar refractivity (Wildman–Crippen MR) is 87.2 cm³/mol. The molecule has 1 heterocycles. The standard InChI is InChI=1S/C13H8ClIN2S/c14-7-1-3-10(15)9(5-7)13-17-11-4-2-8(16)6-12(11)18-13/h1-6H,16H2. The van der Waals surface area contributed by atoms with Crippen LogP contribution in [0.4, 0.5) is 5.69 Å². The molecule has 0 spiro atoms. The normalized spacial score (nSPS) is 11.0. The van der Waals surface area contributed by atoms with Crippen molar-refractivity contribution in [3.8, 4) is 10.6 Å². The number of halogens is 2. The smallest absolute Gasteiger partial charge is 0.125 e. The summed E-state index contributed by atoms with van der Waals surface area (Å²) in [5.41, 5.74) is 8.59. The summed E-state index contributed by atoms with van der Waals surface area (Å²) < 4.78 is 2.24. The van der Waals surface area contributed by atoms with Gasteiger partial charge in [-0.25, -0.2) is 4.98 Å². The Kier molecular flexibility index (Phi) is 3.17. The summed E-state index contributed by atoms with van der Waals surface area (Å²) >= 11 is 9.97. The number of benzene rings is 2. The van der Waals surface area contributed by atoms with E-state index in [1.54, 1.807) is 11.3 Å². The molecule has 3 aromatic rings. The van der Waals surface area contributed by atoms with Gasteiger partial charge in [-0.1, -0.05) is 11.6 Å². The van der Waals surface area contributed by atoms with Crippen molar-refractivity contribution in [1.82, 2.24) is 4.98 Å². The lowest BCUT2D eigenvalue weighted by molar-refractivity contribution is 1.46. The van der Waals surface area contributed by atoms with Crippen LogP contribution in [0, 0.1) is 3.57 Å². The molecule has 2 N–H and O–H groups in total. The number of nitrogens with two attached hydrogens (primary N) is 1. The average molecular weight is 387 g/mol. The molecule has 5 heteroatoms. The van der Waals surface area contributed by atoms with Crippen molar-refractivity contribution in [1.29, 1.82) is 0 Å². The number of thiazole rings is 1. The molecule has 0 aliphatic rings. The van der Waals surface area contributed by atoms with Gasteiger partial charge in [-0.2, -0.15) is 0 Å². The number of aromatic nitrogens is 1. The maximum atomic E-state index is 6.04. The number of anilines is 1. The molecule has 3 rings (SSSR count). The molecule has 18 heavy (non-hydrogen) atoms. The highest BCUT2D eigenvalue weighted by atomic mass is 127. The quantitative estimate of drug-likeness (QED) is 0.482. The Labute approximate surface area is 127 Å². The lowest BCUT2D eigenvalue weighted by Crippen LogP contribution is -1.82. The van der Waals surface area contributed by atoms with E-state index in [1.165, 1.54) is 0 Å². The van der Waals surface area contributed by atoms with Gasteiger partial charge in [0.1, 0.15) is 5.01 Å². The maximum absolute atomic E-state index is 6.04. The molecule has 2 nitrogen and oxygen atoms in total. The van der Waals surface area contributed by atoms with E-state index in [2.05, 4.69) is 27.6 Å². The second-order valence-electron chi connectivity index (χ2n) is 3.87. The Balaban J connectivity index is 2.22. The predicted octanol–water partition coefficient (Wildman–Crippen LogP) is 4.80. The van der Waals surface area contributed by atoms with Gasteiger partial charge in [-0.15, -0.1) is 11.3 Å². The first kappa shape index (κ1) is 12.2. The zero-order valence-electron chi connectivity index (χ0n) is 9.15. The number of nitrogens with zero attached hydrogens (tertiary/aromatic N) is 1. The summed E-state index contributed by atoms with van der Waals surface area (Å²) in [7, 11) is 0. The van der Waals surface area contributed by atoms with Crippen LogP contribution in [-0.4, -0.2) is 4.98 Å². The van der Waals surface area contributed by atoms with Crippen molar-refractivity contribution >= 4 is 61.4 Å². The van der Waals surface area contributed by atoms with Gasteiger partial charge in [-0.3, -0.25) is 0 Å². The van der Waals surface area contributed by atoms with Crippen molar-refractivity contribution < 1.29 is 0 Å². The van der Waals surface area contributed by atoms with Gasteiger partial charge in [0, 0.05) is 19.8 Å². The first-order chi connectivity index (χ1) is 8.63. The minimum Gasteiger partial charge on any atom is -0.399 e. The summed E-state index contributed by atoms with van der Waals surface area (Å²) in [5, 5.41) is 1.70. The molecular formula is C13H8ClIN2S. The minimum atomic E-state index is 0.726. The molecule has 0 saturated carbocycles. The third kappa shape index (κ3) is 2.20. The summed E-state index contributed by atoms with van der Waals surface area (Å²) in [6.45, 7) is 0. The lowest BCUT2D eigenvalue weighted by Gasteiger charge is -2.00. The number of fused-ring (bicyclic) bond motifs is 1. The molecule has 0 aliphatic heterocycles. The molecule has 0 unspecified atom stereocenters. The largest absolute Gasteiger partial charge is 0.399 e. The number of hydrogen-bond acceptors (Lipinski definition) is 3. The Morgan fingerprint density at radius 2 is 2.00 bits per heavy atom. The molecule has 0 amide bonds. The van der Waals surface area contributed by atoms with Gasteiger partial charge in [0.05, 0.1) is 10.2 Å². The van der Waals surface area contributed by atoms with E-state index < -0.39 is 0 Å². The molecule has 90 valence electrons. The summed E-state index contributed by atoms with van der Waals surface area (Å²) in [5.74, 6) is 0. The lowest BCUT2D eigenvalue weighted by atomic mass is 10.2. The zero-order chi connectivity index (χ0) is 12.7. The van der Waals surface area contributed by atoms with Crippen molar-refractivity contribution in [2.24, 2.45) is 0 Å². The molecule has 0 radical (unpaired) electrons. The third-order valence-corrected chi connectivity index (χ3v) is 4.80. The Morgan fingerprint density at radius 1 is 1.17 bits per heavy atom. The molecular weight excluding hydrogens is 379 g/mol. The van der Waals surface area contributed by atoms with Gasteiger partial charge < -0.3 is 5.73 Å². The summed E-state index contributed by atoms with van der Waals surface area (Å²) in [4.78, 5) is 4.63. The van der Waals surface area contributed by atoms with Crippen LogP contribution >= 0.6 is 45.5 Å². The number of hydrogen-bond donors (Lipinski definition) is 1. The number of nitrogen functional groups attached to an aromatic ring is 1. The molecule has 0 aliphatic carbocycles. The molecule has 0 saturated heterocycles. The van der Waals surface area contributed by atoms with E-state index >= 15 is 0 Å². The van der Waals surface area contributed by atoms with Crippen molar-refractivity contribution in [2.45, 2.75) is 0 Å². The van der Waals surface area contributed by atoms with E-state index in [-0.39, 0.29) is 0 Å². The monoisotopic (exact) mass is 386 g/mol. The Hall–Kier alpha value is -0.850. The maximum Gasteiger partial charge on any atom is 0.125 e. The van der Waals surface area contributed by atoms with Crippen LogP contribution in [0.25, 0.3) is 20.8 Å². The van der Waals surface area contributed by atoms with Crippen LogP contribution in [0.15, 0.2) is 36.4 Å². The average Bonchev–Trinajstić information content (AvgIpc) is 2.74. The second kappa shape index (κ2) is 4.68. The molecule has 2 aromatic carbocycles. The fraction of sp³-hybridized carbons (Fsp3) is 0. The van der Waals surface area contributed by atoms with Crippen molar-refractivity contribution in [3.63, 3.8) is 0 Å². The van der Waals surface area contributed by atoms with Gasteiger partial charge in [0.15, 0.2) is 0 Å². The van der Waals surface area contributed by atoms with Crippen molar-refractivity contribution in [3.05, 3.63) is 45.0 Å². The van der Waals surface area contributed by atoms with E-state index in [0.29, 0.717) is 0 Å². The Bertz CT molecular complexity index is 739. The first-order valence-corrected chi connectivity index (χ1v) is 7.52. The van der Waals surface area contributed by atoms with Gasteiger partial charge in [0.25, 0.3) is 0 Å². The minimum absolute atomic E-state index is 0.726. The van der Waals surface area contributed by atoms with Crippen LogP contribution in [0.1, 0.15) is 0 Å². The fourth-order valence-electron chi connectivity index (χ4n) is 1.72. The SMILES string of the molecule is Nc1ccc2nc(-c3cc(Cl)ccc3I)sc2c1. The van der Waals surface area contributed by atoms with Crippen LogP contribution in [0.2, 0.25) is 5.02 Å². The van der Waals surface area contributed by atoms with Gasteiger partial charge in [-0.05, 0) is 59.0 Å². The van der Waals surface area contributed by atoms with E-state index in [4.69, 9.17) is 17.3 Å². The van der Waals surface area contributed by atoms with Crippen molar-refractivity contribution in [2.75, 3.05) is 5.73 Å². The molecule has 0 fully saturated rings. The molecule has 0 atom stereocenters. The van der Waals surface area contributed by atoms with E-state index in [9.17, 15) is 0 Å². The van der Waals surface area contributed by atoms with Crippen LogP contribution in [-0.2, 0) is 0 Å². The van der Waals surface area contributed by atoms with Gasteiger partial charge in [0.2, 0.25) is 0 Å². The van der Waals surface area contributed by atoms with Crippen LogP contribution in [0.3, 0.4) is 0 Å². The van der Waals surface area contributed by atoms with Gasteiger partial charge >= 0.3 is 0 Å². The summed E-state index contributed by atoms with van der Waals surface area (Å²) in [6.07, 6.45) is 0. The highest BCUT2D eigenvalue weighted by Gasteiger charge is 2.10. The zero-order valence-corrected chi connectivity index (χ0v) is 12.9. The fourth-order valence-corrected chi connectivity index (χ4v) is 3.71. The molecule has 1 aromatic heterocycles. The molecule has 0 bridgehead atoms. The van der Waals surface area contributed by atoms with E-state index in [0.717, 1.165) is 35.1 Å². The Morgan fingerprint density at radius 3 is 2.83 bits per heavy atom. The highest BCUT2D eigenvalue weighted by molar-refractivity contribution is 14.1. The van der Waals surface area contributed by atoms with Crippen LogP contribution in [0.5, 0.6) is 0 Å². The third-order valence-electron chi connectivity index (χ3n) is 2.57. The topological polar surface area (TPSA) is 38.9 Å². The van der Waals surface area contributed by atoms with E-state index in [1.807, 2.05) is 36.4 Å². The number of rotatable bonds is 1. The first-order valence-electron chi connectivity index (χ1n) is 5.25. The second-order valence-corrected chi connectivity index (χ2v) is 6.50.